The summed E-state index contributed by atoms with van der Waals surface area (Å²) < 4.78 is 42.3. The van der Waals surface area contributed by atoms with Gasteiger partial charge in [0.15, 0.2) is 0 Å². The quantitative estimate of drug-likeness (QED) is 0.513. The van der Waals surface area contributed by atoms with Gasteiger partial charge in [0.1, 0.15) is 10.8 Å². The summed E-state index contributed by atoms with van der Waals surface area (Å²) in [5, 5.41) is 0.769. The van der Waals surface area contributed by atoms with Crippen molar-refractivity contribution in [1.29, 1.82) is 0 Å². The number of thiazole rings is 1. The molecule has 7 heteroatoms. The number of aromatic nitrogens is 1. The van der Waals surface area contributed by atoms with Gasteiger partial charge in [0.2, 0.25) is 0 Å². The Morgan fingerprint density at radius 2 is 1.76 bits per heavy atom. The fourth-order valence-corrected chi connectivity index (χ4v) is 3.25. The summed E-state index contributed by atoms with van der Waals surface area (Å²) >= 11 is 3.71. The van der Waals surface area contributed by atoms with Crippen LogP contribution in [-0.2, 0) is 0 Å². The van der Waals surface area contributed by atoms with Gasteiger partial charge in [-0.2, -0.15) is 0 Å². The van der Waals surface area contributed by atoms with Crippen molar-refractivity contribution >= 4 is 44.1 Å². The molecule has 108 valence electrons. The van der Waals surface area contributed by atoms with E-state index in [0.717, 1.165) is 24.4 Å². The van der Waals surface area contributed by atoms with Gasteiger partial charge in [-0.1, -0.05) is 0 Å². The molecule has 0 atom stereocenters. The molecule has 3 rings (SSSR count). The molecule has 0 radical (unpaired) electrons. The lowest BCUT2D eigenvalue weighted by Gasteiger charge is -2.08. The maximum absolute atomic E-state index is 12.1. The number of hydrogen-bond donors (Lipinski definition) is 0. The number of ether oxygens (including phenoxy) is 1. The van der Waals surface area contributed by atoms with Crippen molar-refractivity contribution in [2.75, 3.05) is 0 Å². The van der Waals surface area contributed by atoms with Crippen LogP contribution in [0.5, 0.6) is 5.75 Å². The first kappa shape index (κ1) is 14.6. The number of benzene rings is 2. The van der Waals surface area contributed by atoms with Crippen molar-refractivity contribution in [3.8, 4) is 16.3 Å². The lowest BCUT2D eigenvalue weighted by molar-refractivity contribution is -0.274. The predicted octanol–water partition coefficient (Wildman–Crippen LogP) is 5.47. The Labute approximate surface area is 135 Å². The van der Waals surface area contributed by atoms with Gasteiger partial charge < -0.3 is 4.74 Å². The summed E-state index contributed by atoms with van der Waals surface area (Å²) in [7, 11) is 0. The number of hydrogen-bond acceptors (Lipinski definition) is 3. The van der Waals surface area contributed by atoms with Crippen molar-refractivity contribution in [3.63, 3.8) is 0 Å². The Morgan fingerprint density at radius 1 is 1.05 bits per heavy atom. The minimum absolute atomic E-state index is 0.234. The van der Waals surface area contributed by atoms with Gasteiger partial charge >= 0.3 is 6.36 Å². The van der Waals surface area contributed by atoms with Gasteiger partial charge in [0.25, 0.3) is 0 Å². The van der Waals surface area contributed by atoms with Crippen LogP contribution in [0.1, 0.15) is 0 Å². The van der Waals surface area contributed by atoms with Gasteiger partial charge in [0, 0.05) is 9.13 Å². The zero-order valence-corrected chi connectivity index (χ0v) is 13.3. The topological polar surface area (TPSA) is 22.1 Å². The standard InChI is InChI=1S/C14H7F3INOS/c15-14(16,17)20-10-4-1-8(2-5-10)13-19-11-7-9(18)3-6-12(11)21-13/h1-7H. The number of fused-ring (bicyclic) bond motifs is 1. The molecular weight excluding hydrogens is 414 g/mol. The number of nitrogens with zero attached hydrogens (tertiary/aromatic N) is 1. The molecule has 0 N–H and O–H groups in total. The van der Waals surface area contributed by atoms with Crippen LogP contribution in [0.25, 0.3) is 20.8 Å². The van der Waals surface area contributed by atoms with Crippen LogP contribution < -0.4 is 4.74 Å². The van der Waals surface area contributed by atoms with Crippen molar-refractivity contribution < 1.29 is 17.9 Å². The molecule has 0 unspecified atom stereocenters. The molecule has 0 saturated heterocycles. The SMILES string of the molecule is FC(F)(F)Oc1ccc(-c2nc3cc(I)ccc3s2)cc1. The zero-order chi connectivity index (χ0) is 15.0. The maximum Gasteiger partial charge on any atom is 0.573 e. The highest BCUT2D eigenvalue weighted by molar-refractivity contribution is 14.1. The molecule has 0 aliphatic rings. The highest BCUT2D eigenvalue weighted by atomic mass is 127. The van der Waals surface area contributed by atoms with E-state index < -0.39 is 6.36 Å². The molecule has 2 aromatic carbocycles. The summed E-state index contributed by atoms with van der Waals surface area (Å²) in [6.45, 7) is 0. The summed E-state index contributed by atoms with van der Waals surface area (Å²) in [6.07, 6.45) is -4.67. The Balaban J connectivity index is 1.91. The molecule has 0 bridgehead atoms. The molecule has 1 heterocycles. The minimum atomic E-state index is -4.67. The van der Waals surface area contributed by atoms with Crippen LogP contribution in [-0.4, -0.2) is 11.3 Å². The molecule has 21 heavy (non-hydrogen) atoms. The van der Waals surface area contributed by atoms with Crippen LogP contribution in [0.2, 0.25) is 0 Å². The molecule has 0 spiro atoms. The van der Waals surface area contributed by atoms with E-state index in [9.17, 15) is 13.2 Å². The van der Waals surface area contributed by atoms with Crippen molar-refractivity contribution in [3.05, 3.63) is 46.0 Å². The summed E-state index contributed by atoms with van der Waals surface area (Å²) in [5.74, 6) is -0.234. The average Bonchev–Trinajstić information content (AvgIpc) is 2.80. The first-order valence-electron chi connectivity index (χ1n) is 5.83. The van der Waals surface area contributed by atoms with Gasteiger partial charge in [-0.3, -0.25) is 0 Å². The monoisotopic (exact) mass is 421 g/mol. The molecule has 1 aromatic heterocycles. The Bertz CT molecular complexity index is 783. The van der Waals surface area contributed by atoms with E-state index in [4.69, 9.17) is 0 Å². The van der Waals surface area contributed by atoms with Crippen molar-refractivity contribution in [2.45, 2.75) is 6.36 Å². The van der Waals surface area contributed by atoms with Gasteiger partial charge in [0.05, 0.1) is 10.2 Å². The highest BCUT2D eigenvalue weighted by Crippen LogP contribution is 2.32. The summed E-state index contributed by atoms with van der Waals surface area (Å²) in [4.78, 5) is 4.50. The lowest BCUT2D eigenvalue weighted by atomic mass is 10.2. The second-order valence-electron chi connectivity index (χ2n) is 4.20. The molecule has 3 aromatic rings. The normalized spacial score (nSPS) is 11.8. The van der Waals surface area contributed by atoms with E-state index in [1.54, 1.807) is 12.1 Å². The van der Waals surface area contributed by atoms with E-state index in [2.05, 4.69) is 32.3 Å². The fraction of sp³-hybridized carbons (Fsp3) is 0.0714. The Kier molecular flexibility index (Phi) is 3.78. The number of alkyl halides is 3. The summed E-state index contributed by atoms with van der Waals surface area (Å²) in [5.41, 5.74) is 1.65. The third-order valence-corrected chi connectivity index (χ3v) is 4.44. The highest BCUT2D eigenvalue weighted by Gasteiger charge is 2.30. The predicted molar refractivity (Wildman–Crippen MR) is 84.5 cm³/mol. The largest absolute Gasteiger partial charge is 0.573 e. The molecule has 0 saturated carbocycles. The molecule has 2 nitrogen and oxygen atoms in total. The van der Waals surface area contributed by atoms with Crippen LogP contribution in [0.3, 0.4) is 0 Å². The third kappa shape index (κ3) is 3.46. The Hall–Kier alpha value is -1.35. The first-order valence-corrected chi connectivity index (χ1v) is 7.72. The van der Waals surface area contributed by atoms with E-state index >= 15 is 0 Å². The maximum atomic E-state index is 12.1. The van der Waals surface area contributed by atoms with Crippen LogP contribution >= 0.6 is 33.9 Å². The minimum Gasteiger partial charge on any atom is -0.406 e. The molecule has 0 fully saturated rings. The smallest absolute Gasteiger partial charge is 0.406 e. The number of halogens is 4. The van der Waals surface area contributed by atoms with Gasteiger partial charge in [-0.15, -0.1) is 24.5 Å². The third-order valence-electron chi connectivity index (χ3n) is 2.68. The Morgan fingerprint density at radius 3 is 2.43 bits per heavy atom. The van der Waals surface area contributed by atoms with E-state index in [0.29, 0.717) is 0 Å². The van der Waals surface area contributed by atoms with Crippen LogP contribution in [0, 0.1) is 3.57 Å². The van der Waals surface area contributed by atoms with Crippen LogP contribution in [0.4, 0.5) is 13.2 Å². The zero-order valence-electron chi connectivity index (χ0n) is 10.3. The average molecular weight is 421 g/mol. The molecule has 0 amide bonds. The molecular formula is C14H7F3INOS. The van der Waals surface area contributed by atoms with E-state index in [-0.39, 0.29) is 5.75 Å². The van der Waals surface area contributed by atoms with Gasteiger partial charge in [-0.25, -0.2) is 4.98 Å². The molecule has 0 aliphatic heterocycles. The first-order chi connectivity index (χ1) is 9.90. The van der Waals surface area contributed by atoms with Crippen molar-refractivity contribution in [2.24, 2.45) is 0 Å². The van der Waals surface area contributed by atoms with E-state index in [1.807, 2.05) is 18.2 Å². The van der Waals surface area contributed by atoms with Crippen molar-refractivity contribution in [1.82, 2.24) is 4.98 Å². The second kappa shape index (κ2) is 5.45. The fourth-order valence-electron chi connectivity index (χ4n) is 1.82. The molecule has 0 aliphatic carbocycles. The second-order valence-corrected chi connectivity index (χ2v) is 6.48. The van der Waals surface area contributed by atoms with E-state index in [1.165, 1.54) is 23.5 Å². The van der Waals surface area contributed by atoms with Crippen LogP contribution in [0.15, 0.2) is 42.5 Å². The summed E-state index contributed by atoms with van der Waals surface area (Å²) in [6, 6.07) is 11.7. The number of rotatable bonds is 2. The lowest BCUT2D eigenvalue weighted by Crippen LogP contribution is -2.16. The van der Waals surface area contributed by atoms with Gasteiger partial charge in [-0.05, 0) is 65.1 Å².